The predicted molar refractivity (Wildman–Crippen MR) is 73.9 cm³/mol. The van der Waals surface area contributed by atoms with Crippen LogP contribution in [0.15, 0.2) is 29.8 Å². The molecule has 0 aliphatic heterocycles. The largest absolute Gasteiger partial charge is 0.479 e. The van der Waals surface area contributed by atoms with E-state index in [0.29, 0.717) is 4.88 Å². The number of hydrogen-bond donors (Lipinski definition) is 2. The summed E-state index contributed by atoms with van der Waals surface area (Å²) in [5.74, 6) is -1.15. The van der Waals surface area contributed by atoms with E-state index in [-0.39, 0.29) is 17.1 Å². The van der Waals surface area contributed by atoms with Crippen LogP contribution in [0.25, 0.3) is 0 Å². The number of carboxylic acids is 1. The molecule has 0 radical (unpaired) electrons. The van der Waals surface area contributed by atoms with E-state index in [9.17, 15) is 20.0 Å². The Hall–Kier alpha value is -2.99. The van der Waals surface area contributed by atoms with Crippen LogP contribution in [-0.2, 0) is 4.79 Å². The number of rotatable bonds is 5. The molecule has 2 rings (SSSR count). The number of nitrogens with zero attached hydrogens (tertiary/aromatic N) is 3. The second-order valence-corrected chi connectivity index (χ2v) is 4.87. The van der Waals surface area contributed by atoms with E-state index >= 15 is 0 Å². The summed E-state index contributed by atoms with van der Waals surface area (Å²) in [6.07, 6.45) is 0.969. The number of carbonyl (C=O) groups is 1. The molecule has 9 heteroatoms. The number of nitriles is 1. The van der Waals surface area contributed by atoms with Crippen molar-refractivity contribution in [3.63, 3.8) is 0 Å². The fourth-order valence-corrected chi connectivity index (χ4v) is 2.37. The molecule has 0 spiro atoms. The van der Waals surface area contributed by atoms with Gasteiger partial charge in [0, 0.05) is 10.9 Å². The first-order chi connectivity index (χ1) is 10.0. The number of nitro groups is 1. The predicted octanol–water partition coefficient (Wildman–Crippen LogP) is 2.16. The van der Waals surface area contributed by atoms with Gasteiger partial charge in [0.15, 0.2) is 6.04 Å². The summed E-state index contributed by atoms with van der Waals surface area (Å²) in [7, 11) is 0. The lowest BCUT2D eigenvalue weighted by Gasteiger charge is -2.14. The molecule has 2 aromatic heterocycles. The number of nitrogens with one attached hydrogen (secondary N) is 1. The maximum atomic E-state index is 11.3. The molecule has 0 aliphatic carbocycles. The summed E-state index contributed by atoms with van der Waals surface area (Å²) in [4.78, 5) is 25.6. The maximum Gasteiger partial charge on any atom is 0.331 e. The highest BCUT2D eigenvalue weighted by Crippen LogP contribution is 2.26. The minimum absolute atomic E-state index is 0.0103. The molecular weight excluding hydrogens is 296 g/mol. The van der Waals surface area contributed by atoms with E-state index in [1.165, 1.54) is 11.3 Å². The molecular formula is C12H8N4O4S. The molecule has 21 heavy (non-hydrogen) atoms. The van der Waals surface area contributed by atoms with E-state index in [2.05, 4.69) is 10.3 Å². The van der Waals surface area contributed by atoms with Crippen molar-refractivity contribution in [3.05, 3.63) is 50.3 Å². The van der Waals surface area contributed by atoms with Crippen LogP contribution in [0.1, 0.15) is 16.5 Å². The van der Waals surface area contributed by atoms with Gasteiger partial charge in [-0.2, -0.15) is 5.26 Å². The van der Waals surface area contributed by atoms with Gasteiger partial charge < -0.3 is 10.4 Å². The number of pyridine rings is 1. The first-order valence-electron chi connectivity index (χ1n) is 5.60. The van der Waals surface area contributed by atoms with Gasteiger partial charge in [0.05, 0.1) is 4.92 Å². The van der Waals surface area contributed by atoms with Gasteiger partial charge in [0.25, 0.3) is 5.69 Å². The van der Waals surface area contributed by atoms with Crippen LogP contribution in [0.2, 0.25) is 0 Å². The first kappa shape index (κ1) is 14.4. The fraction of sp³-hybridized carbons (Fsp3) is 0.0833. The lowest BCUT2D eigenvalue weighted by atomic mass is 10.2. The Kier molecular flexibility index (Phi) is 4.10. The summed E-state index contributed by atoms with van der Waals surface area (Å²) in [5.41, 5.74) is -0.424. The highest BCUT2D eigenvalue weighted by Gasteiger charge is 2.23. The van der Waals surface area contributed by atoms with E-state index in [0.717, 1.165) is 12.3 Å². The Bertz CT molecular complexity index is 723. The SMILES string of the molecule is N#Cc1cc([N+](=O)[O-])cnc1NC(C(=O)O)c1cccs1. The molecule has 0 saturated heterocycles. The van der Waals surface area contributed by atoms with Crippen LogP contribution in [-0.4, -0.2) is 21.0 Å². The van der Waals surface area contributed by atoms with Crippen LogP contribution in [0, 0.1) is 21.4 Å². The Labute approximate surface area is 122 Å². The van der Waals surface area contributed by atoms with Crippen LogP contribution in [0.5, 0.6) is 0 Å². The number of carboxylic acid groups (broad SMARTS) is 1. The quantitative estimate of drug-likeness (QED) is 0.639. The topological polar surface area (TPSA) is 129 Å². The molecule has 0 bridgehead atoms. The monoisotopic (exact) mass is 304 g/mol. The molecule has 2 aromatic rings. The molecule has 8 nitrogen and oxygen atoms in total. The Balaban J connectivity index is 2.36. The highest BCUT2D eigenvalue weighted by molar-refractivity contribution is 7.10. The molecule has 1 unspecified atom stereocenters. The molecule has 2 heterocycles. The highest BCUT2D eigenvalue weighted by atomic mass is 32.1. The number of thiophene rings is 1. The molecule has 0 amide bonds. The van der Waals surface area contributed by atoms with Gasteiger partial charge in [-0.1, -0.05) is 6.07 Å². The summed E-state index contributed by atoms with van der Waals surface area (Å²) in [6.45, 7) is 0. The summed E-state index contributed by atoms with van der Waals surface area (Å²) >= 11 is 1.24. The zero-order valence-corrected chi connectivity index (χ0v) is 11.2. The van der Waals surface area contributed by atoms with Gasteiger partial charge in [0.2, 0.25) is 0 Å². The van der Waals surface area contributed by atoms with Crippen LogP contribution < -0.4 is 5.32 Å². The second kappa shape index (κ2) is 5.98. The fourth-order valence-electron chi connectivity index (χ4n) is 1.60. The smallest absolute Gasteiger partial charge is 0.331 e. The van der Waals surface area contributed by atoms with Gasteiger partial charge in [-0.05, 0) is 11.4 Å². The Morgan fingerprint density at radius 1 is 1.62 bits per heavy atom. The summed E-state index contributed by atoms with van der Waals surface area (Å²) in [5, 5.41) is 33.2. The van der Waals surface area contributed by atoms with Crippen molar-refractivity contribution in [2.24, 2.45) is 0 Å². The van der Waals surface area contributed by atoms with E-state index in [1.807, 2.05) is 0 Å². The average molecular weight is 304 g/mol. The number of anilines is 1. The third kappa shape index (κ3) is 3.13. The van der Waals surface area contributed by atoms with Gasteiger partial charge in [-0.25, -0.2) is 9.78 Å². The first-order valence-corrected chi connectivity index (χ1v) is 6.48. The standard InChI is InChI=1S/C12H8N4O4S/c13-5-7-4-8(16(19)20)6-14-11(7)15-10(12(17)18)9-2-1-3-21-9/h1-4,6,10H,(H,14,15)(H,17,18). The zero-order valence-electron chi connectivity index (χ0n) is 10.4. The Morgan fingerprint density at radius 3 is 2.90 bits per heavy atom. The minimum Gasteiger partial charge on any atom is -0.479 e. The second-order valence-electron chi connectivity index (χ2n) is 3.89. The van der Waals surface area contributed by atoms with E-state index < -0.39 is 16.9 Å². The van der Waals surface area contributed by atoms with Gasteiger partial charge >= 0.3 is 5.97 Å². The molecule has 2 N–H and O–H groups in total. The average Bonchev–Trinajstić information content (AvgIpc) is 2.97. The minimum atomic E-state index is -1.14. The lowest BCUT2D eigenvalue weighted by Crippen LogP contribution is -2.20. The van der Waals surface area contributed by atoms with Crippen molar-refractivity contribution in [1.29, 1.82) is 5.26 Å². The van der Waals surface area contributed by atoms with Crippen molar-refractivity contribution in [2.75, 3.05) is 5.32 Å². The maximum absolute atomic E-state index is 11.3. The normalized spacial score (nSPS) is 11.4. The molecule has 0 aliphatic rings. The van der Waals surface area contributed by atoms with Gasteiger partial charge in [-0.3, -0.25) is 10.1 Å². The number of aliphatic carboxylic acids is 1. The van der Waals surface area contributed by atoms with E-state index in [1.54, 1.807) is 23.6 Å². The molecule has 1 atom stereocenters. The number of aromatic nitrogens is 1. The molecule has 0 fully saturated rings. The molecule has 0 aromatic carbocycles. The van der Waals surface area contributed by atoms with Crippen molar-refractivity contribution in [2.45, 2.75) is 6.04 Å². The van der Waals surface area contributed by atoms with Crippen molar-refractivity contribution < 1.29 is 14.8 Å². The third-order valence-corrected chi connectivity index (χ3v) is 3.50. The molecule has 0 saturated carbocycles. The zero-order chi connectivity index (χ0) is 15.4. The van der Waals surface area contributed by atoms with Crippen molar-refractivity contribution >= 4 is 28.8 Å². The van der Waals surface area contributed by atoms with Crippen molar-refractivity contribution in [3.8, 4) is 6.07 Å². The lowest BCUT2D eigenvalue weighted by molar-refractivity contribution is -0.385. The summed E-state index contributed by atoms with van der Waals surface area (Å²) < 4.78 is 0. The number of hydrogen-bond acceptors (Lipinski definition) is 7. The van der Waals surface area contributed by atoms with Gasteiger partial charge in [-0.15, -0.1) is 11.3 Å². The molecule has 106 valence electrons. The Morgan fingerprint density at radius 2 is 2.38 bits per heavy atom. The van der Waals surface area contributed by atoms with Crippen molar-refractivity contribution in [1.82, 2.24) is 4.98 Å². The van der Waals surface area contributed by atoms with E-state index in [4.69, 9.17) is 5.26 Å². The summed E-state index contributed by atoms with van der Waals surface area (Å²) in [6, 6.07) is 5.06. The van der Waals surface area contributed by atoms with Crippen LogP contribution >= 0.6 is 11.3 Å². The van der Waals surface area contributed by atoms with Crippen LogP contribution in [0.3, 0.4) is 0 Å². The van der Waals surface area contributed by atoms with Crippen LogP contribution in [0.4, 0.5) is 11.5 Å². The van der Waals surface area contributed by atoms with Gasteiger partial charge in [0.1, 0.15) is 23.6 Å². The third-order valence-electron chi connectivity index (χ3n) is 2.56.